The number of nitrogens with one attached hydrogen (secondary N) is 2. The van der Waals surface area contributed by atoms with Crippen molar-refractivity contribution in [1.82, 2.24) is 10.6 Å². The molecule has 0 aliphatic heterocycles. The standard InChI is InChI=1S/C14H21FN4O.BrH/c1-3-10(2)19-14(16)18-9-8-17-13(20)11-4-6-12(15)7-5-11;/h4-7,10H,3,8-9H2,1-2H3,(H,17,20)(H3,16,18,19);1H. The molecule has 21 heavy (non-hydrogen) atoms. The fourth-order valence-electron chi connectivity index (χ4n) is 1.45. The highest BCUT2D eigenvalue weighted by Gasteiger charge is 2.04. The topological polar surface area (TPSA) is 79.5 Å². The van der Waals surface area contributed by atoms with E-state index in [1.807, 2.05) is 13.8 Å². The normalized spacial score (nSPS) is 12.2. The molecule has 1 aromatic rings. The first-order chi connectivity index (χ1) is 9.52. The summed E-state index contributed by atoms with van der Waals surface area (Å²) >= 11 is 0. The van der Waals surface area contributed by atoms with Gasteiger partial charge in [0.05, 0.1) is 6.54 Å². The second-order valence-corrected chi connectivity index (χ2v) is 4.48. The van der Waals surface area contributed by atoms with E-state index in [0.29, 0.717) is 24.6 Å². The molecule has 5 nitrogen and oxygen atoms in total. The van der Waals surface area contributed by atoms with Crippen molar-refractivity contribution < 1.29 is 9.18 Å². The second kappa shape index (κ2) is 10.1. The number of guanidine groups is 1. The third-order valence-corrected chi connectivity index (χ3v) is 2.79. The van der Waals surface area contributed by atoms with Crippen molar-refractivity contribution in [2.45, 2.75) is 26.3 Å². The van der Waals surface area contributed by atoms with Gasteiger partial charge >= 0.3 is 0 Å². The van der Waals surface area contributed by atoms with Crippen LogP contribution >= 0.6 is 17.0 Å². The van der Waals surface area contributed by atoms with Crippen molar-refractivity contribution in [2.75, 3.05) is 13.1 Å². The van der Waals surface area contributed by atoms with Crippen LogP contribution in [0.15, 0.2) is 29.3 Å². The highest BCUT2D eigenvalue weighted by atomic mass is 79.9. The Morgan fingerprint density at radius 3 is 2.57 bits per heavy atom. The lowest BCUT2D eigenvalue weighted by Crippen LogP contribution is -2.38. The number of carbonyl (C=O) groups is 1. The molecule has 0 aromatic heterocycles. The van der Waals surface area contributed by atoms with E-state index in [1.165, 1.54) is 24.3 Å². The molecule has 1 unspecified atom stereocenters. The van der Waals surface area contributed by atoms with Crippen LogP contribution in [0.2, 0.25) is 0 Å². The van der Waals surface area contributed by atoms with Crippen LogP contribution in [0, 0.1) is 5.82 Å². The molecule has 4 N–H and O–H groups in total. The van der Waals surface area contributed by atoms with Crippen LogP contribution in [0.25, 0.3) is 0 Å². The molecule has 0 heterocycles. The molecule has 7 heteroatoms. The zero-order chi connectivity index (χ0) is 15.0. The van der Waals surface area contributed by atoms with Gasteiger partial charge in [0, 0.05) is 18.2 Å². The fraction of sp³-hybridized carbons (Fsp3) is 0.429. The monoisotopic (exact) mass is 360 g/mol. The SMILES string of the molecule is Br.CCC(C)NC(N)=NCCNC(=O)c1ccc(F)cc1. The van der Waals surface area contributed by atoms with Gasteiger partial charge in [-0.1, -0.05) is 6.92 Å². The zero-order valence-corrected chi connectivity index (χ0v) is 13.9. The van der Waals surface area contributed by atoms with Gasteiger partial charge in [-0.3, -0.25) is 9.79 Å². The van der Waals surface area contributed by atoms with Crippen LogP contribution in [0.1, 0.15) is 30.6 Å². The predicted molar refractivity (Wildman–Crippen MR) is 88.4 cm³/mol. The first-order valence-corrected chi connectivity index (χ1v) is 6.63. The highest BCUT2D eigenvalue weighted by molar-refractivity contribution is 8.93. The van der Waals surface area contributed by atoms with Gasteiger partial charge in [0.2, 0.25) is 0 Å². The molecule has 1 atom stereocenters. The maximum absolute atomic E-state index is 12.7. The van der Waals surface area contributed by atoms with E-state index in [1.54, 1.807) is 0 Å². The third-order valence-electron chi connectivity index (χ3n) is 2.79. The summed E-state index contributed by atoms with van der Waals surface area (Å²) in [6, 6.07) is 5.65. The van der Waals surface area contributed by atoms with Gasteiger partial charge < -0.3 is 16.4 Å². The summed E-state index contributed by atoms with van der Waals surface area (Å²) in [6.45, 7) is 4.83. The van der Waals surface area contributed by atoms with Crippen molar-refractivity contribution in [2.24, 2.45) is 10.7 Å². The molecule has 0 saturated heterocycles. The van der Waals surface area contributed by atoms with E-state index in [4.69, 9.17) is 5.73 Å². The summed E-state index contributed by atoms with van der Waals surface area (Å²) in [5.74, 6) is -0.251. The Labute approximate surface area is 135 Å². The molecular formula is C14H22BrFN4O. The van der Waals surface area contributed by atoms with Gasteiger partial charge in [0.1, 0.15) is 5.82 Å². The smallest absolute Gasteiger partial charge is 0.251 e. The Hall–Kier alpha value is -1.63. The molecule has 0 spiro atoms. The van der Waals surface area contributed by atoms with E-state index >= 15 is 0 Å². The van der Waals surface area contributed by atoms with E-state index in [2.05, 4.69) is 15.6 Å². The van der Waals surface area contributed by atoms with E-state index in [9.17, 15) is 9.18 Å². The van der Waals surface area contributed by atoms with Crippen LogP contribution in [0.3, 0.4) is 0 Å². The maximum Gasteiger partial charge on any atom is 0.251 e. The summed E-state index contributed by atoms with van der Waals surface area (Å²) in [7, 11) is 0. The first-order valence-electron chi connectivity index (χ1n) is 6.63. The lowest BCUT2D eigenvalue weighted by atomic mass is 10.2. The molecule has 1 rings (SSSR count). The van der Waals surface area contributed by atoms with Crippen molar-refractivity contribution >= 4 is 28.8 Å². The Bertz CT molecular complexity index is 465. The number of hydrogen-bond acceptors (Lipinski definition) is 2. The van der Waals surface area contributed by atoms with Crippen molar-refractivity contribution in [3.05, 3.63) is 35.6 Å². The molecule has 0 aliphatic rings. The van der Waals surface area contributed by atoms with Gasteiger partial charge in [-0.2, -0.15) is 0 Å². The van der Waals surface area contributed by atoms with Gasteiger partial charge in [-0.25, -0.2) is 4.39 Å². The van der Waals surface area contributed by atoms with Gasteiger partial charge in [-0.15, -0.1) is 17.0 Å². The number of amides is 1. The van der Waals surface area contributed by atoms with E-state index in [0.717, 1.165) is 6.42 Å². The lowest BCUT2D eigenvalue weighted by Gasteiger charge is -2.11. The van der Waals surface area contributed by atoms with Crippen LogP contribution in [-0.2, 0) is 0 Å². The van der Waals surface area contributed by atoms with Crippen molar-refractivity contribution in [1.29, 1.82) is 0 Å². The molecule has 0 radical (unpaired) electrons. The summed E-state index contributed by atoms with van der Waals surface area (Å²) in [6.07, 6.45) is 0.956. The number of nitrogens with zero attached hydrogens (tertiary/aromatic N) is 1. The minimum Gasteiger partial charge on any atom is -0.370 e. The number of nitrogens with two attached hydrogens (primary N) is 1. The van der Waals surface area contributed by atoms with Gasteiger partial charge in [-0.05, 0) is 37.6 Å². The number of carbonyl (C=O) groups excluding carboxylic acids is 1. The molecule has 118 valence electrons. The van der Waals surface area contributed by atoms with Crippen LogP contribution in [0.4, 0.5) is 4.39 Å². The largest absolute Gasteiger partial charge is 0.370 e. The predicted octanol–water partition coefficient (Wildman–Crippen LogP) is 1.84. The Morgan fingerprint density at radius 2 is 2.00 bits per heavy atom. The van der Waals surface area contributed by atoms with Crippen molar-refractivity contribution in [3.63, 3.8) is 0 Å². The number of halogens is 2. The number of benzene rings is 1. The van der Waals surface area contributed by atoms with E-state index < -0.39 is 0 Å². The minimum atomic E-state index is -0.366. The van der Waals surface area contributed by atoms with E-state index in [-0.39, 0.29) is 34.7 Å². The highest BCUT2D eigenvalue weighted by Crippen LogP contribution is 2.01. The summed E-state index contributed by atoms with van der Waals surface area (Å²) in [5, 5.41) is 5.72. The summed E-state index contributed by atoms with van der Waals surface area (Å²) in [4.78, 5) is 15.8. The molecule has 1 aromatic carbocycles. The van der Waals surface area contributed by atoms with Gasteiger partial charge in [0.15, 0.2) is 5.96 Å². The Balaban J connectivity index is 0.00000400. The third kappa shape index (κ3) is 7.65. The average Bonchev–Trinajstić information content (AvgIpc) is 2.44. The lowest BCUT2D eigenvalue weighted by molar-refractivity contribution is 0.0955. The zero-order valence-electron chi connectivity index (χ0n) is 12.2. The summed E-state index contributed by atoms with van der Waals surface area (Å²) < 4.78 is 12.7. The molecule has 0 bridgehead atoms. The van der Waals surface area contributed by atoms with Gasteiger partial charge in [0.25, 0.3) is 5.91 Å². The van der Waals surface area contributed by atoms with Crippen molar-refractivity contribution in [3.8, 4) is 0 Å². The molecule has 1 amide bonds. The van der Waals surface area contributed by atoms with Crippen LogP contribution in [-0.4, -0.2) is 31.0 Å². The quantitative estimate of drug-likeness (QED) is 0.411. The molecule has 0 fully saturated rings. The minimum absolute atomic E-state index is 0. The number of rotatable bonds is 6. The molecule has 0 saturated carbocycles. The maximum atomic E-state index is 12.7. The summed E-state index contributed by atoms with van der Waals surface area (Å²) in [5.41, 5.74) is 6.10. The average molecular weight is 361 g/mol. The molecule has 0 aliphatic carbocycles. The number of aliphatic imine (C=N–C) groups is 1. The molecular weight excluding hydrogens is 339 g/mol. The Kier molecular flexibility index (Phi) is 9.36. The number of hydrogen-bond donors (Lipinski definition) is 3. The first kappa shape index (κ1) is 19.4. The van der Waals surface area contributed by atoms with Crippen LogP contribution in [0.5, 0.6) is 0 Å². The second-order valence-electron chi connectivity index (χ2n) is 4.48. The fourth-order valence-corrected chi connectivity index (χ4v) is 1.45. The Morgan fingerprint density at radius 1 is 1.38 bits per heavy atom. The van der Waals surface area contributed by atoms with Crippen LogP contribution < -0.4 is 16.4 Å².